The van der Waals surface area contributed by atoms with Gasteiger partial charge in [-0.1, -0.05) is 0 Å². The molecule has 0 aromatic carbocycles. The summed E-state index contributed by atoms with van der Waals surface area (Å²) in [7, 11) is 0. The van der Waals surface area contributed by atoms with Crippen molar-refractivity contribution in [1.82, 2.24) is 5.32 Å². The molecule has 0 spiro atoms. The van der Waals surface area contributed by atoms with Crippen molar-refractivity contribution in [3.05, 3.63) is 0 Å². The summed E-state index contributed by atoms with van der Waals surface area (Å²) in [6, 6.07) is -0.616. The third-order valence-corrected chi connectivity index (χ3v) is 3.01. The van der Waals surface area contributed by atoms with Gasteiger partial charge in [-0.15, -0.1) is 0 Å². The van der Waals surface area contributed by atoms with Crippen LogP contribution in [0.3, 0.4) is 0 Å². The molecule has 8 nitrogen and oxygen atoms in total. The molecule has 1 rings (SSSR count). The molecule has 8 heteroatoms. The highest BCUT2D eigenvalue weighted by Crippen LogP contribution is 2.24. The standard InChI is InChI=1S/C14H23NO7/c1-5-19-14-13(15-8(2)16)12(21-10(4)18)6-11(22-14)7-20-9(3)17/h11-14H,5-7H2,1-4H3,(H,15,16)/t11?,12?,13?,14-/m1/s1. The van der Waals surface area contributed by atoms with Crippen LogP contribution in [0.5, 0.6) is 0 Å². The van der Waals surface area contributed by atoms with Crippen LogP contribution in [0.2, 0.25) is 0 Å². The molecule has 1 fully saturated rings. The van der Waals surface area contributed by atoms with Gasteiger partial charge in [-0.25, -0.2) is 0 Å². The molecule has 0 aliphatic carbocycles. The first-order valence-electron chi connectivity index (χ1n) is 7.18. The summed E-state index contributed by atoms with van der Waals surface area (Å²) in [5, 5.41) is 2.68. The van der Waals surface area contributed by atoms with E-state index in [0.717, 1.165) is 0 Å². The third-order valence-electron chi connectivity index (χ3n) is 3.01. The van der Waals surface area contributed by atoms with Crippen molar-refractivity contribution in [3.8, 4) is 0 Å². The van der Waals surface area contributed by atoms with Gasteiger partial charge in [-0.3, -0.25) is 14.4 Å². The van der Waals surface area contributed by atoms with Gasteiger partial charge in [0.15, 0.2) is 6.29 Å². The van der Waals surface area contributed by atoms with E-state index in [4.69, 9.17) is 18.9 Å². The summed E-state index contributed by atoms with van der Waals surface area (Å²) in [6.07, 6.45) is -1.59. The average molecular weight is 317 g/mol. The normalized spacial score (nSPS) is 27.8. The lowest BCUT2D eigenvalue weighted by Gasteiger charge is -2.40. The van der Waals surface area contributed by atoms with E-state index in [1.807, 2.05) is 0 Å². The molecule has 0 radical (unpaired) electrons. The topological polar surface area (TPSA) is 100 Å². The van der Waals surface area contributed by atoms with E-state index < -0.39 is 36.5 Å². The Labute approximate surface area is 129 Å². The Bertz CT molecular complexity index is 412. The molecular formula is C14H23NO7. The maximum Gasteiger partial charge on any atom is 0.302 e. The molecule has 0 bridgehead atoms. The number of rotatable bonds is 6. The van der Waals surface area contributed by atoms with Crippen molar-refractivity contribution in [3.63, 3.8) is 0 Å². The van der Waals surface area contributed by atoms with E-state index in [9.17, 15) is 14.4 Å². The zero-order chi connectivity index (χ0) is 16.7. The molecule has 1 N–H and O–H groups in total. The Morgan fingerprint density at radius 1 is 1.18 bits per heavy atom. The SMILES string of the molecule is CCO[C@@H]1OC(COC(C)=O)CC(OC(C)=O)C1NC(C)=O. The van der Waals surface area contributed by atoms with Gasteiger partial charge in [0.05, 0.1) is 6.10 Å². The van der Waals surface area contributed by atoms with E-state index in [1.54, 1.807) is 6.92 Å². The van der Waals surface area contributed by atoms with Gasteiger partial charge in [-0.2, -0.15) is 0 Å². The maximum atomic E-state index is 11.4. The number of amides is 1. The van der Waals surface area contributed by atoms with Crippen molar-refractivity contribution in [2.45, 2.75) is 58.7 Å². The Morgan fingerprint density at radius 3 is 2.36 bits per heavy atom. The zero-order valence-corrected chi connectivity index (χ0v) is 13.3. The molecule has 0 saturated carbocycles. The first kappa shape index (κ1) is 18.4. The smallest absolute Gasteiger partial charge is 0.302 e. The maximum absolute atomic E-state index is 11.4. The number of nitrogens with one attached hydrogen (secondary N) is 1. The van der Waals surface area contributed by atoms with Crippen molar-refractivity contribution >= 4 is 17.8 Å². The summed E-state index contributed by atoms with van der Waals surface area (Å²) in [5.74, 6) is -1.18. The van der Waals surface area contributed by atoms with Crippen molar-refractivity contribution in [1.29, 1.82) is 0 Å². The molecule has 4 atom stereocenters. The van der Waals surface area contributed by atoms with E-state index in [2.05, 4.69) is 5.32 Å². The summed E-state index contributed by atoms with van der Waals surface area (Å²) >= 11 is 0. The molecule has 1 aliphatic heterocycles. The Morgan fingerprint density at radius 2 is 1.86 bits per heavy atom. The van der Waals surface area contributed by atoms with Gasteiger partial charge in [0, 0.05) is 33.8 Å². The number of carbonyl (C=O) groups is 3. The van der Waals surface area contributed by atoms with Crippen molar-refractivity contribution in [2.75, 3.05) is 13.2 Å². The Kier molecular flexibility index (Phi) is 7.26. The highest BCUT2D eigenvalue weighted by Gasteiger charge is 2.42. The summed E-state index contributed by atoms with van der Waals surface area (Å²) in [5.41, 5.74) is 0. The first-order valence-corrected chi connectivity index (χ1v) is 7.18. The number of hydrogen-bond donors (Lipinski definition) is 1. The quantitative estimate of drug-likeness (QED) is 0.695. The first-order chi connectivity index (χ1) is 10.3. The highest BCUT2D eigenvalue weighted by atomic mass is 16.7. The Hall–Kier alpha value is -1.67. The lowest BCUT2D eigenvalue weighted by atomic mass is 9.99. The van der Waals surface area contributed by atoms with Crippen LogP contribution in [-0.4, -0.2) is 55.6 Å². The number of ether oxygens (including phenoxy) is 4. The third kappa shape index (κ3) is 5.98. The van der Waals surface area contributed by atoms with Crippen molar-refractivity contribution in [2.24, 2.45) is 0 Å². The molecule has 1 saturated heterocycles. The van der Waals surface area contributed by atoms with Crippen LogP contribution >= 0.6 is 0 Å². The van der Waals surface area contributed by atoms with E-state index in [-0.39, 0.29) is 12.5 Å². The van der Waals surface area contributed by atoms with Gasteiger partial charge in [0.2, 0.25) is 5.91 Å². The summed E-state index contributed by atoms with van der Waals surface area (Å²) in [4.78, 5) is 33.5. The van der Waals surface area contributed by atoms with Gasteiger partial charge >= 0.3 is 11.9 Å². The Balaban J connectivity index is 2.84. The number of carbonyl (C=O) groups excluding carboxylic acids is 3. The van der Waals surface area contributed by atoms with E-state index in [0.29, 0.717) is 13.0 Å². The van der Waals surface area contributed by atoms with Crippen LogP contribution in [0, 0.1) is 0 Å². The lowest BCUT2D eigenvalue weighted by molar-refractivity contribution is -0.241. The van der Waals surface area contributed by atoms with E-state index >= 15 is 0 Å². The van der Waals surface area contributed by atoms with Crippen LogP contribution < -0.4 is 5.32 Å². The number of esters is 2. The van der Waals surface area contributed by atoms with Gasteiger partial charge in [0.25, 0.3) is 0 Å². The molecular weight excluding hydrogens is 294 g/mol. The lowest BCUT2D eigenvalue weighted by Crippen LogP contribution is -2.59. The van der Waals surface area contributed by atoms with Gasteiger partial charge in [-0.05, 0) is 6.92 Å². The zero-order valence-electron chi connectivity index (χ0n) is 13.3. The fourth-order valence-corrected chi connectivity index (χ4v) is 2.27. The second-order valence-electron chi connectivity index (χ2n) is 4.99. The molecule has 1 amide bonds. The molecule has 126 valence electrons. The fraction of sp³-hybridized carbons (Fsp3) is 0.786. The molecule has 1 heterocycles. The molecule has 0 aromatic rings. The molecule has 1 aliphatic rings. The monoisotopic (exact) mass is 317 g/mol. The summed E-state index contributed by atoms with van der Waals surface area (Å²) in [6.45, 7) is 6.12. The molecule has 0 aromatic heterocycles. The van der Waals surface area contributed by atoms with Crippen LogP contribution in [0.25, 0.3) is 0 Å². The van der Waals surface area contributed by atoms with E-state index in [1.165, 1.54) is 20.8 Å². The minimum atomic E-state index is -0.785. The van der Waals surface area contributed by atoms with Crippen LogP contribution in [0.1, 0.15) is 34.1 Å². The largest absolute Gasteiger partial charge is 0.463 e. The van der Waals surface area contributed by atoms with Crippen LogP contribution in [0.4, 0.5) is 0 Å². The van der Waals surface area contributed by atoms with Crippen LogP contribution in [-0.2, 0) is 33.3 Å². The second kappa shape index (κ2) is 8.70. The predicted molar refractivity (Wildman–Crippen MR) is 74.7 cm³/mol. The van der Waals surface area contributed by atoms with Crippen LogP contribution in [0.15, 0.2) is 0 Å². The minimum Gasteiger partial charge on any atom is -0.463 e. The van der Waals surface area contributed by atoms with Gasteiger partial charge in [0.1, 0.15) is 18.8 Å². The predicted octanol–water partition coefficient (Wildman–Crippen LogP) is 0.137. The molecule has 22 heavy (non-hydrogen) atoms. The van der Waals surface area contributed by atoms with Gasteiger partial charge < -0.3 is 24.3 Å². The van der Waals surface area contributed by atoms with Crippen molar-refractivity contribution < 1.29 is 33.3 Å². The molecule has 3 unspecified atom stereocenters. The average Bonchev–Trinajstić information content (AvgIpc) is 2.39. The minimum absolute atomic E-state index is 0.0312. The fourth-order valence-electron chi connectivity index (χ4n) is 2.27. The number of hydrogen-bond acceptors (Lipinski definition) is 7. The summed E-state index contributed by atoms with van der Waals surface area (Å²) < 4.78 is 21.4. The second-order valence-corrected chi connectivity index (χ2v) is 4.99. The highest BCUT2D eigenvalue weighted by molar-refractivity contribution is 5.73.